The number of nitrogens with zero attached hydrogens (tertiary/aromatic N) is 3. The molecule has 86 valence electrons. The Morgan fingerprint density at radius 2 is 1.94 bits per heavy atom. The van der Waals surface area contributed by atoms with Crippen LogP contribution in [0, 0.1) is 11.3 Å². The lowest BCUT2D eigenvalue weighted by Gasteiger charge is -2.15. The molecule has 1 aromatic rings. The number of benzene rings is 1. The van der Waals surface area contributed by atoms with Gasteiger partial charge >= 0.3 is 6.03 Å². The Kier molecular flexibility index (Phi) is 3.06. The van der Waals surface area contributed by atoms with Gasteiger partial charge in [0.25, 0.3) is 5.91 Å². The summed E-state index contributed by atoms with van der Waals surface area (Å²) in [5.74, 6) is -0.255. The lowest BCUT2D eigenvalue weighted by molar-refractivity contribution is -0.124. The number of para-hydroxylation sites is 1. The molecule has 1 saturated heterocycles. The van der Waals surface area contributed by atoms with Crippen molar-refractivity contribution in [2.24, 2.45) is 0 Å². The van der Waals surface area contributed by atoms with Gasteiger partial charge in [0.15, 0.2) is 0 Å². The van der Waals surface area contributed by atoms with E-state index in [2.05, 4.69) is 0 Å². The van der Waals surface area contributed by atoms with Crippen LogP contribution >= 0.6 is 0 Å². The minimum Gasteiger partial charge on any atom is -0.285 e. The van der Waals surface area contributed by atoms with Crippen molar-refractivity contribution in [3.05, 3.63) is 30.3 Å². The van der Waals surface area contributed by atoms with Crippen LogP contribution in [-0.2, 0) is 4.79 Å². The molecule has 5 nitrogen and oxygen atoms in total. The highest BCUT2D eigenvalue weighted by Gasteiger charge is 2.36. The van der Waals surface area contributed by atoms with Gasteiger partial charge in [0.1, 0.15) is 6.54 Å². The van der Waals surface area contributed by atoms with E-state index in [1.54, 1.807) is 12.1 Å². The summed E-state index contributed by atoms with van der Waals surface area (Å²) < 4.78 is 0. The molecule has 1 fully saturated rings. The van der Waals surface area contributed by atoms with E-state index >= 15 is 0 Å². The second-order valence-electron chi connectivity index (χ2n) is 3.66. The zero-order chi connectivity index (χ0) is 12.3. The SMILES string of the molecule is N#CCCN1C(=O)CN(c2ccccc2)C1=O. The predicted molar refractivity (Wildman–Crippen MR) is 61.1 cm³/mol. The van der Waals surface area contributed by atoms with Crippen molar-refractivity contribution in [3.8, 4) is 6.07 Å². The van der Waals surface area contributed by atoms with Crippen molar-refractivity contribution in [2.75, 3.05) is 18.0 Å². The van der Waals surface area contributed by atoms with E-state index in [0.29, 0.717) is 5.69 Å². The van der Waals surface area contributed by atoms with Crippen LogP contribution < -0.4 is 4.90 Å². The maximum absolute atomic E-state index is 11.9. The highest BCUT2D eigenvalue weighted by molar-refractivity contribution is 6.12. The quantitative estimate of drug-likeness (QED) is 0.735. The molecule has 1 aromatic carbocycles. The summed E-state index contributed by atoms with van der Waals surface area (Å²) >= 11 is 0. The van der Waals surface area contributed by atoms with E-state index in [1.807, 2.05) is 24.3 Å². The smallest absolute Gasteiger partial charge is 0.285 e. The Bertz CT molecular complexity index is 478. The fourth-order valence-corrected chi connectivity index (χ4v) is 1.73. The predicted octanol–water partition coefficient (Wildman–Crippen LogP) is 1.37. The number of urea groups is 1. The van der Waals surface area contributed by atoms with Crippen molar-refractivity contribution in [2.45, 2.75) is 6.42 Å². The summed E-state index contributed by atoms with van der Waals surface area (Å²) in [6, 6.07) is 10.6. The molecule has 1 aliphatic heterocycles. The number of rotatable bonds is 3. The molecule has 0 atom stereocenters. The van der Waals surface area contributed by atoms with Gasteiger partial charge in [-0.2, -0.15) is 5.26 Å². The standard InChI is InChI=1S/C12H11N3O2/c13-7-4-8-14-11(16)9-15(12(14)17)10-5-2-1-3-6-10/h1-3,5-6H,4,8-9H2. The Morgan fingerprint density at radius 3 is 2.59 bits per heavy atom. The third-order valence-corrected chi connectivity index (χ3v) is 2.57. The van der Waals surface area contributed by atoms with Crippen molar-refractivity contribution in [1.82, 2.24) is 4.90 Å². The highest BCUT2D eigenvalue weighted by atomic mass is 16.2. The van der Waals surface area contributed by atoms with Gasteiger partial charge in [-0.3, -0.25) is 14.6 Å². The summed E-state index contributed by atoms with van der Waals surface area (Å²) in [5.41, 5.74) is 0.699. The van der Waals surface area contributed by atoms with Gasteiger partial charge in [-0.25, -0.2) is 4.79 Å². The molecule has 17 heavy (non-hydrogen) atoms. The van der Waals surface area contributed by atoms with Gasteiger partial charge in [0, 0.05) is 12.2 Å². The molecular formula is C12H11N3O2. The van der Waals surface area contributed by atoms with Crippen LogP contribution in [0.3, 0.4) is 0 Å². The van der Waals surface area contributed by atoms with E-state index in [1.165, 1.54) is 4.90 Å². The van der Waals surface area contributed by atoms with Gasteiger partial charge in [0.2, 0.25) is 0 Å². The molecule has 0 spiro atoms. The fraction of sp³-hybridized carbons (Fsp3) is 0.250. The number of amides is 3. The first-order chi connectivity index (χ1) is 8.24. The van der Waals surface area contributed by atoms with Crippen molar-refractivity contribution >= 4 is 17.6 Å². The van der Waals surface area contributed by atoms with Crippen LogP contribution in [0.1, 0.15) is 6.42 Å². The minimum absolute atomic E-state index is 0.0499. The summed E-state index contributed by atoms with van der Waals surface area (Å²) in [7, 11) is 0. The first kappa shape index (κ1) is 11.1. The Balaban J connectivity index is 2.16. The van der Waals surface area contributed by atoms with Gasteiger partial charge in [0.05, 0.1) is 12.5 Å². The number of hydrogen-bond acceptors (Lipinski definition) is 3. The zero-order valence-corrected chi connectivity index (χ0v) is 9.17. The third kappa shape index (κ3) is 2.11. The van der Waals surface area contributed by atoms with E-state index in [4.69, 9.17) is 5.26 Å². The molecule has 1 aliphatic rings. The first-order valence-electron chi connectivity index (χ1n) is 5.28. The Labute approximate surface area is 98.9 Å². The first-order valence-corrected chi connectivity index (χ1v) is 5.28. The zero-order valence-electron chi connectivity index (χ0n) is 9.17. The van der Waals surface area contributed by atoms with Crippen LogP contribution in [0.2, 0.25) is 0 Å². The number of nitriles is 1. The molecule has 2 rings (SSSR count). The Hall–Kier alpha value is -2.35. The maximum atomic E-state index is 11.9. The average molecular weight is 229 g/mol. The molecule has 0 saturated carbocycles. The number of carbonyl (C=O) groups is 2. The lowest BCUT2D eigenvalue weighted by Crippen LogP contribution is -2.33. The monoisotopic (exact) mass is 229 g/mol. The fourth-order valence-electron chi connectivity index (χ4n) is 1.73. The molecule has 0 N–H and O–H groups in total. The second kappa shape index (κ2) is 4.66. The summed E-state index contributed by atoms with van der Waals surface area (Å²) in [4.78, 5) is 26.1. The third-order valence-electron chi connectivity index (χ3n) is 2.57. The van der Waals surface area contributed by atoms with E-state index < -0.39 is 0 Å². The van der Waals surface area contributed by atoms with E-state index in [9.17, 15) is 9.59 Å². The summed E-state index contributed by atoms with van der Waals surface area (Å²) in [6.45, 7) is 0.214. The van der Waals surface area contributed by atoms with E-state index in [0.717, 1.165) is 4.90 Å². The topological polar surface area (TPSA) is 64.4 Å². The normalized spacial score (nSPS) is 15.2. The van der Waals surface area contributed by atoms with Crippen LogP contribution in [0.15, 0.2) is 30.3 Å². The molecule has 0 aromatic heterocycles. The minimum atomic E-state index is -0.351. The molecule has 3 amide bonds. The second-order valence-corrected chi connectivity index (χ2v) is 3.66. The number of anilines is 1. The molecule has 0 unspecified atom stereocenters. The molecule has 5 heteroatoms. The maximum Gasteiger partial charge on any atom is 0.331 e. The molecule has 0 radical (unpaired) electrons. The van der Waals surface area contributed by atoms with Gasteiger partial charge < -0.3 is 0 Å². The summed E-state index contributed by atoms with van der Waals surface area (Å²) in [6.07, 6.45) is 0.167. The molecular weight excluding hydrogens is 218 g/mol. The average Bonchev–Trinajstić information content (AvgIpc) is 2.64. The van der Waals surface area contributed by atoms with Crippen LogP contribution in [-0.4, -0.2) is 29.9 Å². The Morgan fingerprint density at radius 1 is 1.24 bits per heavy atom. The van der Waals surface area contributed by atoms with Crippen LogP contribution in [0.25, 0.3) is 0 Å². The molecule has 0 bridgehead atoms. The number of imide groups is 1. The lowest BCUT2D eigenvalue weighted by atomic mass is 10.3. The molecule has 0 aliphatic carbocycles. The van der Waals surface area contributed by atoms with E-state index in [-0.39, 0.29) is 31.4 Å². The van der Waals surface area contributed by atoms with Crippen molar-refractivity contribution in [3.63, 3.8) is 0 Å². The van der Waals surface area contributed by atoms with Gasteiger partial charge in [-0.1, -0.05) is 18.2 Å². The van der Waals surface area contributed by atoms with Gasteiger partial charge in [-0.05, 0) is 12.1 Å². The van der Waals surface area contributed by atoms with Gasteiger partial charge in [-0.15, -0.1) is 0 Å². The van der Waals surface area contributed by atoms with Crippen LogP contribution in [0.5, 0.6) is 0 Å². The van der Waals surface area contributed by atoms with Crippen LogP contribution in [0.4, 0.5) is 10.5 Å². The van der Waals surface area contributed by atoms with Crippen molar-refractivity contribution in [1.29, 1.82) is 5.26 Å². The summed E-state index contributed by atoms with van der Waals surface area (Å²) in [5, 5.41) is 8.47. The number of carbonyl (C=O) groups excluding carboxylic acids is 2. The largest absolute Gasteiger partial charge is 0.331 e. The molecule has 1 heterocycles. The van der Waals surface area contributed by atoms with Crippen molar-refractivity contribution < 1.29 is 9.59 Å². The number of hydrogen-bond donors (Lipinski definition) is 0. The highest BCUT2D eigenvalue weighted by Crippen LogP contribution is 2.20.